The van der Waals surface area contributed by atoms with Crippen molar-refractivity contribution in [1.29, 1.82) is 5.26 Å². The molecule has 0 aliphatic rings. The molecule has 0 atom stereocenters. The highest BCUT2D eigenvalue weighted by Gasteiger charge is 2.09. The van der Waals surface area contributed by atoms with Gasteiger partial charge in [-0.2, -0.15) is 5.26 Å². The van der Waals surface area contributed by atoms with Crippen molar-refractivity contribution in [1.82, 2.24) is 4.98 Å². The van der Waals surface area contributed by atoms with Crippen molar-refractivity contribution in [2.24, 2.45) is 0 Å². The van der Waals surface area contributed by atoms with E-state index in [0.717, 1.165) is 33.1 Å². The van der Waals surface area contributed by atoms with Gasteiger partial charge in [-0.3, -0.25) is 0 Å². The molecule has 1 heterocycles. The number of benzene rings is 2. The average Bonchev–Trinajstić information content (AvgIpc) is 3.10. The SMILES string of the molecule is COc1cccc(-c2csc(/C(C#N)=C\c3cccc(C)c3)n2)c1. The Labute approximate surface area is 145 Å². The molecule has 0 saturated heterocycles. The summed E-state index contributed by atoms with van der Waals surface area (Å²) in [4.78, 5) is 4.62. The molecule has 0 amide bonds. The monoisotopic (exact) mass is 332 g/mol. The molecule has 24 heavy (non-hydrogen) atoms. The summed E-state index contributed by atoms with van der Waals surface area (Å²) < 4.78 is 5.25. The molecule has 0 unspecified atom stereocenters. The van der Waals surface area contributed by atoms with Crippen LogP contribution in [0.15, 0.2) is 53.9 Å². The summed E-state index contributed by atoms with van der Waals surface area (Å²) in [6.45, 7) is 2.04. The molecule has 118 valence electrons. The van der Waals surface area contributed by atoms with E-state index in [0.29, 0.717) is 5.57 Å². The first kappa shape index (κ1) is 16.0. The molecule has 4 heteroatoms. The van der Waals surface area contributed by atoms with Crippen LogP contribution in [0.5, 0.6) is 5.75 Å². The van der Waals surface area contributed by atoms with Gasteiger partial charge in [0.2, 0.25) is 0 Å². The highest BCUT2D eigenvalue weighted by molar-refractivity contribution is 7.11. The maximum atomic E-state index is 9.50. The van der Waals surface area contributed by atoms with Gasteiger partial charge in [0.05, 0.1) is 18.4 Å². The molecule has 0 aliphatic heterocycles. The molecule has 1 aromatic heterocycles. The van der Waals surface area contributed by atoms with Gasteiger partial charge in [0, 0.05) is 10.9 Å². The molecule has 3 aromatic rings. The second-order valence-electron chi connectivity index (χ2n) is 5.35. The predicted octanol–water partition coefficient (Wildman–Crippen LogP) is 5.19. The van der Waals surface area contributed by atoms with Gasteiger partial charge >= 0.3 is 0 Å². The van der Waals surface area contributed by atoms with Crippen molar-refractivity contribution < 1.29 is 4.74 Å². The minimum atomic E-state index is 0.569. The number of allylic oxidation sites excluding steroid dienone is 1. The van der Waals surface area contributed by atoms with Crippen LogP contribution in [-0.4, -0.2) is 12.1 Å². The van der Waals surface area contributed by atoms with E-state index in [9.17, 15) is 5.26 Å². The van der Waals surface area contributed by atoms with Crippen molar-refractivity contribution in [3.8, 4) is 23.1 Å². The third kappa shape index (κ3) is 3.53. The lowest BCUT2D eigenvalue weighted by Crippen LogP contribution is -1.85. The fourth-order valence-corrected chi connectivity index (χ4v) is 3.18. The third-order valence-electron chi connectivity index (χ3n) is 3.57. The number of hydrogen-bond donors (Lipinski definition) is 0. The summed E-state index contributed by atoms with van der Waals surface area (Å²) in [5.41, 5.74) is 4.56. The quantitative estimate of drug-likeness (QED) is 0.618. The minimum absolute atomic E-state index is 0.569. The Hall–Kier alpha value is -2.90. The van der Waals surface area contributed by atoms with Crippen molar-refractivity contribution in [2.45, 2.75) is 6.92 Å². The van der Waals surface area contributed by atoms with E-state index in [2.05, 4.69) is 11.1 Å². The zero-order valence-corrected chi connectivity index (χ0v) is 14.3. The number of aryl methyl sites for hydroxylation is 1. The Morgan fingerprint density at radius 2 is 2.04 bits per heavy atom. The standard InChI is InChI=1S/C20H16N2OS/c1-14-5-3-6-15(9-14)10-17(12-21)20-22-19(13-24-20)16-7-4-8-18(11-16)23-2/h3-11,13H,1-2H3/b17-10-. The summed E-state index contributed by atoms with van der Waals surface area (Å²) in [6, 6.07) is 18.1. The summed E-state index contributed by atoms with van der Waals surface area (Å²) in [7, 11) is 1.64. The number of ether oxygens (including phenoxy) is 1. The van der Waals surface area contributed by atoms with Crippen LogP contribution >= 0.6 is 11.3 Å². The van der Waals surface area contributed by atoms with Gasteiger partial charge in [-0.1, -0.05) is 42.0 Å². The lowest BCUT2D eigenvalue weighted by molar-refractivity contribution is 0.415. The summed E-state index contributed by atoms with van der Waals surface area (Å²) in [5, 5.41) is 12.2. The van der Waals surface area contributed by atoms with Gasteiger partial charge in [0.25, 0.3) is 0 Å². The summed E-state index contributed by atoms with van der Waals surface area (Å²) in [6.07, 6.45) is 1.88. The zero-order valence-electron chi connectivity index (χ0n) is 13.5. The van der Waals surface area contributed by atoms with Crippen LogP contribution in [0.3, 0.4) is 0 Å². The molecule has 0 radical (unpaired) electrons. The molecule has 0 aliphatic carbocycles. The van der Waals surface area contributed by atoms with Gasteiger partial charge in [-0.25, -0.2) is 4.98 Å². The first-order valence-corrected chi connectivity index (χ1v) is 8.36. The van der Waals surface area contributed by atoms with Crippen LogP contribution in [0, 0.1) is 18.3 Å². The van der Waals surface area contributed by atoms with E-state index in [1.54, 1.807) is 7.11 Å². The molecule has 3 nitrogen and oxygen atoms in total. The smallest absolute Gasteiger partial charge is 0.134 e. The summed E-state index contributed by atoms with van der Waals surface area (Å²) in [5.74, 6) is 0.790. The topological polar surface area (TPSA) is 45.9 Å². The molecular formula is C20H16N2OS. The lowest BCUT2D eigenvalue weighted by Gasteiger charge is -2.01. The van der Waals surface area contributed by atoms with Gasteiger partial charge in [-0.05, 0) is 30.7 Å². The maximum absolute atomic E-state index is 9.50. The van der Waals surface area contributed by atoms with E-state index in [1.165, 1.54) is 11.3 Å². The van der Waals surface area contributed by atoms with Crippen molar-refractivity contribution in [3.63, 3.8) is 0 Å². The largest absolute Gasteiger partial charge is 0.497 e. The van der Waals surface area contributed by atoms with E-state index in [4.69, 9.17) is 4.74 Å². The molecule has 0 spiro atoms. The van der Waals surface area contributed by atoms with E-state index < -0.39 is 0 Å². The van der Waals surface area contributed by atoms with Crippen LogP contribution in [0.2, 0.25) is 0 Å². The number of methoxy groups -OCH3 is 1. The minimum Gasteiger partial charge on any atom is -0.497 e. The lowest BCUT2D eigenvalue weighted by atomic mass is 10.1. The van der Waals surface area contributed by atoms with Crippen molar-refractivity contribution in [2.75, 3.05) is 7.11 Å². The highest BCUT2D eigenvalue weighted by atomic mass is 32.1. The van der Waals surface area contributed by atoms with Crippen LogP contribution in [-0.2, 0) is 0 Å². The fourth-order valence-electron chi connectivity index (χ4n) is 2.38. The van der Waals surface area contributed by atoms with Crippen LogP contribution < -0.4 is 4.74 Å². The van der Waals surface area contributed by atoms with Gasteiger partial charge in [-0.15, -0.1) is 11.3 Å². The molecule has 3 rings (SSSR count). The Kier molecular flexibility index (Phi) is 4.74. The molecular weight excluding hydrogens is 316 g/mol. The number of thiazole rings is 1. The number of rotatable bonds is 4. The average molecular weight is 332 g/mol. The molecule has 2 aromatic carbocycles. The van der Waals surface area contributed by atoms with E-state index in [-0.39, 0.29) is 0 Å². The van der Waals surface area contributed by atoms with E-state index in [1.807, 2.05) is 66.9 Å². The van der Waals surface area contributed by atoms with Crippen LogP contribution in [0.4, 0.5) is 0 Å². The second kappa shape index (κ2) is 7.12. The number of aromatic nitrogens is 1. The van der Waals surface area contributed by atoms with E-state index >= 15 is 0 Å². The number of nitriles is 1. The Balaban J connectivity index is 1.95. The first-order valence-electron chi connectivity index (χ1n) is 7.48. The third-order valence-corrected chi connectivity index (χ3v) is 4.45. The molecule has 0 N–H and O–H groups in total. The van der Waals surface area contributed by atoms with Gasteiger partial charge in [0.15, 0.2) is 0 Å². The summed E-state index contributed by atoms with van der Waals surface area (Å²) >= 11 is 1.47. The van der Waals surface area contributed by atoms with Crippen molar-refractivity contribution in [3.05, 3.63) is 70.0 Å². The van der Waals surface area contributed by atoms with Gasteiger partial charge < -0.3 is 4.74 Å². The Bertz CT molecular complexity index is 935. The Morgan fingerprint density at radius 1 is 1.21 bits per heavy atom. The second-order valence-corrected chi connectivity index (χ2v) is 6.21. The van der Waals surface area contributed by atoms with Crippen LogP contribution in [0.25, 0.3) is 22.9 Å². The van der Waals surface area contributed by atoms with Crippen molar-refractivity contribution >= 4 is 23.0 Å². The number of hydrogen-bond acceptors (Lipinski definition) is 4. The maximum Gasteiger partial charge on any atom is 0.134 e. The Morgan fingerprint density at radius 3 is 2.79 bits per heavy atom. The first-order chi connectivity index (χ1) is 11.7. The normalized spacial score (nSPS) is 11.1. The van der Waals surface area contributed by atoms with Gasteiger partial charge in [0.1, 0.15) is 16.8 Å². The molecule has 0 bridgehead atoms. The van der Waals surface area contributed by atoms with Crippen LogP contribution in [0.1, 0.15) is 16.1 Å². The fraction of sp³-hybridized carbons (Fsp3) is 0.100. The number of nitrogens with zero attached hydrogens (tertiary/aromatic N) is 2. The highest BCUT2D eigenvalue weighted by Crippen LogP contribution is 2.29. The zero-order chi connectivity index (χ0) is 16.9. The molecule has 0 fully saturated rings. The predicted molar refractivity (Wildman–Crippen MR) is 98.8 cm³/mol. The molecule has 0 saturated carbocycles.